The first-order valence-electron chi connectivity index (χ1n) is 9.58. The fraction of sp³-hybridized carbons (Fsp3) is 0.478. The second-order valence-electron chi connectivity index (χ2n) is 7.95. The van der Waals surface area contributed by atoms with E-state index in [9.17, 15) is 9.59 Å². The van der Waals surface area contributed by atoms with Crippen LogP contribution in [-0.2, 0) is 20.7 Å². The van der Waals surface area contributed by atoms with E-state index < -0.39 is 0 Å². The molecule has 0 heterocycles. The van der Waals surface area contributed by atoms with E-state index in [1.54, 1.807) is 0 Å². The number of allylic oxidation sites excluding steroid dienone is 2. The van der Waals surface area contributed by atoms with Crippen LogP contribution < -0.4 is 0 Å². The summed E-state index contributed by atoms with van der Waals surface area (Å²) in [5.41, 5.74) is 3.91. The first kappa shape index (κ1) is 20.3. The van der Waals surface area contributed by atoms with Crippen LogP contribution in [0.3, 0.4) is 0 Å². The molecule has 27 heavy (non-hydrogen) atoms. The highest BCUT2D eigenvalue weighted by Crippen LogP contribution is 2.48. The number of esters is 1. The van der Waals surface area contributed by atoms with Gasteiger partial charge in [-0.3, -0.25) is 4.79 Å². The van der Waals surface area contributed by atoms with Gasteiger partial charge in [-0.2, -0.15) is 0 Å². The Balaban J connectivity index is 1.87. The van der Waals surface area contributed by atoms with Gasteiger partial charge in [-0.05, 0) is 96.2 Å². The van der Waals surface area contributed by atoms with Gasteiger partial charge in [-0.25, -0.2) is 4.79 Å². The zero-order valence-electron chi connectivity index (χ0n) is 16.3. The van der Waals surface area contributed by atoms with Gasteiger partial charge in [0.1, 0.15) is 0 Å². The van der Waals surface area contributed by atoms with Gasteiger partial charge in [0.2, 0.25) is 0 Å². The van der Waals surface area contributed by atoms with Crippen molar-refractivity contribution >= 4 is 34.3 Å². The van der Waals surface area contributed by atoms with Gasteiger partial charge in [0, 0.05) is 15.1 Å². The summed E-state index contributed by atoms with van der Waals surface area (Å²) < 4.78 is 6.08. The quantitative estimate of drug-likeness (QED) is 0.343. The highest BCUT2D eigenvalue weighted by atomic mass is 127. The molecule has 2 aliphatic rings. The molecular formula is C23H27IO3. The number of ether oxygens (including phenoxy) is 1. The number of fused-ring (bicyclic) bond motifs is 1. The Hall–Kier alpha value is -1.43. The number of halogens is 1. The van der Waals surface area contributed by atoms with Crippen molar-refractivity contribution in [1.29, 1.82) is 0 Å². The maximum Gasteiger partial charge on any atom is 0.333 e. The lowest BCUT2D eigenvalue weighted by atomic mass is 9.77. The van der Waals surface area contributed by atoms with Crippen molar-refractivity contribution in [3.63, 3.8) is 0 Å². The first-order chi connectivity index (χ1) is 12.8. The van der Waals surface area contributed by atoms with E-state index >= 15 is 0 Å². The number of carbonyl (C=O) groups is 2. The standard InChI is InChI=1S/C23H27IO3/c1-13-5-8-17(14(2)23(26)27-4)12-19-15(3)22(25)20(21(13)19)11-16-6-9-18(24)10-7-16/h6-7,9-10,13,17,20-21H,2,5,8,11-12H2,1,3-4H3/t13-,17+,20?,21-/m0/s1. The van der Waals surface area contributed by atoms with Crippen molar-refractivity contribution in [2.24, 2.45) is 23.7 Å². The molecule has 144 valence electrons. The minimum absolute atomic E-state index is 0.0141. The zero-order chi connectivity index (χ0) is 19.7. The molecule has 0 radical (unpaired) electrons. The summed E-state index contributed by atoms with van der Waals surface area (Å²) in [5, 5.41) is 0. The number of ketones is 1. The van der Waals surface area contributed by atoms with E-state index in [1.165, 1.54) is 21.8 Å². The third-order valence-corrected chi connectivity index (χ3v) is 7.10. The molecule has 3 rings (SSSR count). The highest BCUT2D eigenvalue weighted by Gasteiger charge is 2.44. The number of Topliss-reactive ketones (excluding diaryl/α,β-unsaturated/α-hetero) is 1. The van der Waals surface area contributed by atoms with Crippen molar-refractivity contribution in [2.45, 2.75) is 39.5 Å². The second-order valence-corrected chi connectivity index (χ2v) is 9.20. The Kier molecular flexibility index (Phi) is 6.24. The Morgan fingerprint density at radius 1 is 1.26 bits per heavy atom. The molecule has 1 aromatic carbocycles. The Bertz CT molecular complexity index is 790. The molecule has 3 nitrogen and oxygen atoms in total. The molecule has 0 saturated heterocycles. The molecule has 1 fully saturated rings. The number of methoxy groups -OCH3 is 1. The predicted molar refractivity (Wildman–Crippen MR) is 115 cm³/mol. The van der Waals surface area contributed by atoms with Gasteiger partial charge in [-0.1, -0.05) is 31.2 Å². The molecule has 2 aliphatic carbocycles. The largest absolute Gasteiger partial charge is 0.466 e. The summed E-state index contributed by atoms with van der Waals surface area (Å²) in [6.45, 7) is 8.20. The lowest BCUT2D eigenvalue weighted by Gasteiger charge is -2.26. The summed E-state index contributed by atoms with van der Waals surface area (Å²) in [7, 11) is 1.40. The fourth-order valence-corrected chi connectivity index (χ4v) is 5.18. The van der Waals surface area contributed by atoms with Gasteiger partial charge in [0.25, 0.3) is 0 Å². The predicted octanol–water partition coefficient (Wildman–Crippen LogP) is 5.13. The Morgan fingerprint density at radius 3 is 2.56 bits per heavy atom. The van der Waals surface area contributed by atoms with Crippen LogP contribution in [0.5, 0.6) is 0 Å². The van der Waals surface area contributed by atoms with E-state index in [0.29, 0.717) is 11.5 Å². The molecule has 1 unspecified atom stereocenters. The Morgan fingerprint density at radius 2 is 1.93 bits per heavy atom. The van der Waals surface area contributed by atoms with Crippen molar-refractivity contribution in [3.8, 4) is 0 Å². The van der Waals surface area contributed by atoms with Gasteiger partial charge >= 0.3 is 5.97 Å². The summed E-state index contributed by atoms with van der Waals surface area (Å²) in [6.07, 6.45) is 3.46. The number of rotatable bonds is 4. The van der Waals surface area contributed by atoms with Crippen LogP contribution in [0.1, 0.15) is 38.7 Å². The van der Waals surface area contributed by atoms with E-state index in [0.717, 1.165) is 31.3 Å². The van der Waals surface area contributed by atoms with Crippen LogP contribution in [0.25, 0.3) is 0 Å². The van der Waals surface area contributed by atoms with Crippen LogP contribution >= 0.6 is 22.6 Å². The molecule has 4 atom stereocenters. The molecular weight excluding hydrogens is 451 g/mol. The molecule has 1 aromatic rings. The monoisotopic (exact) mass is 478 g/mol. The topological polar surface area (TPSA) is 43.4 Å². The van der Waals surface area contributed by atoms with Crippen molar-refractivity contribution < 1.29 is 14.3 Å². The maximum absolute atomic E-state index is 13.1. The van der Waals surface area contributed by atoms with Crippen LogP contribution in [0.2, 0.25) is 0 Å². The molecule has 0 amide bonds. The van der Waals surface area contributed by atoms with Crippen molar-refractivity contribution in [3.05, 3.63) is 56.7 Å². The molecule has 0 N–H and O–H groups in total. The van der Waals surface area contributed by atoms with Gasteiger partial charge in [0.05, 0.1) is 7.11 Å². The summed E-state index contributed by atoms with van der Waals surface area (Å²) in [4.78, 5) is 25.1. The number of hydrogen-bond donors (Lipinski definition) is 0. The van der Waals surface area contributed by atoms with Gasteiger partial charge < -0.3 is 4.74 Å². The lowest BCUT2D eigenvalue weighted by molar-refractivity contribution is -0.136. The van der Waals surface area contributed by atoms with Crippen molar-refractivity contribution in [2.75, 3.05) is 7.11 Å². The highest BCUT2D eigenvalue weighted by molar-refractivity contribution is 14.1. The second kappa shape index (κ2) is 8.29. The fourth-order valence-electron chi connectivity index (χ4n) is 4.82. The lowest BCUT2D eigenvalue weighted by Crippen LogP contribution is -2.25. The molecule has 4 heteroatoms. The molecule has 0 spiro atoms. The molecule has 1 saturated carbocycles. The first-order valence-corrected chi connectivity index (χ1v) is 10.7. The average Bonchev–Trinajstić information content (AvgIpc) is 2.80. The maximum atomic E-state index is 13.1. The average molecular weight is 478 g/mol. The molecule has 0 aliphatic heterocycles. The van der Waals surface area contributed by atoms with Crippen LogP contribution in [0.4, 0.5) is 0 Å². The van der Waals surface area contributed by atoms with E-state index in [1.807, 2.05) is 6.92 Å². The third kappa shape index (κ3) is 4.05. The zero-order valence-corrected chi connectivity index (χ0v) is 18.4. The third-order valence-electron chi connectivity index (χ3n) is 6.38. The summed E-state index contributed by atoms with van der Waals surface area (Å²) >= 11 is 2.30. The van der Waals surface area contributed by atoms with Crippen LogP contribution in [0.15, 0.2) is 47.6 Å². The number of carbonyl (C=O) groups excluding carboxylic acids is 2. The van der Waals surface area contributed by atoms with E-state index in [2.05, 4.69) is 60.4 Å². The molecule has 0 aromatic heterocycles. The minimum atomic E-state index is -0.330. The van der Waals surface area contributed by atoms with Crippen molar-refractivity contribution in [1.82, 2.24) is 0 Å². The summed E-state index contributed by atoms with van der Waals surface area (Å²) in [6, 6.07) is 8.46. The SMILES string of the molecule is C=C(C(=O)OC)[C@@H]1CC[C@H](C)[C@H]2C(=C(C)C(=O)C2Cc2ccc(I)cc2)C1. The summed E-state index contributed by atoms with van der Waals surface area (Å²) in [5.74, 6) is 0.728. The normalized spacial score (nSPS) is 27.9. The van der Waals surface area contributed by atoms with Gasteiger partial charge in [0.15, 0.2) is 5.78 Å². The van der Waals surface area contributed by atoms with E-state index in [4.69, 9.17) is 4.74 Å². The smallest absolute Gasteiger partial charge is 0.333 e. The van der Waals surface area contributed by atoms with Crippen LogP contribution in [-0.4, -0.2) is 18.9 Å². The number of hydrogen-bond acceptors (Lipinski definition) is 3. The van der Waals surface area contributed by atoms with Crippen LogP contribution in [0, 0.1) is 27.2 Å². The molecule has 0 bridgehead atoms. The Labute approximate surface area is 175 Å². The number of benzene rings is 1. The minimum Gasteiger partial charge on any atom is -0.466 e. The van der Waals surface area contributed by atoms with E-state index in [-0.39, 0.29) is 29.5 Å². The van der Waals surface area contributed by atoms with Gasteiger partial charge in [-0.15, -0.1) is 0 Å².